The fraction of sp³-hybridized carbons (Fsp3) is 1.00. The Morgan fingerprint density at radius 1 is 0.958 bits per heavy atom. The van der Waals surface area contributed by atoms with Gasteiger partial charge >= 0.3 is 25.1 Å². The fourth-order valence-corrected chi connectivity index (χ4v) is 3.92. The summed E-state index contributed by atoms with van der Waals surface area (Å²) < 4.78 is 45.0. The van der Waals surface area contributed by atoms with Crippen LogP contribution in [0.25, 0.3) is 0 Å². The predicted octanol–water partition coefficient (Wildman–Crippen LogP) is 0.105. The molecule has 0 aliphatic carbocycles. The van der Waals surface area contributed by atoms with Gasteiger partial charge in [0, 0.05) is 12.8 Å². The Morgan fingerprint density at radius 3 is 1.83 bits per heavy atom. The summed E-state index contributed by atoms with van der Waals surface area (Å²) in [4.78, 5) is 54.4. The minimum Gasteiger partial charge on any atom is -0.343 e. The van der Waals surface area contributed by atoms with E-state index in [0.717, 1.165) is 0 Å². The summed E-state index contributed by atoms with van der Waals surface area (Å²) in [6, 6.07) is 0. The topological polar surface area (TPSA) is 230 Å². The summed E-state index contributed by atoms with van der Waals surface area (Å²) >= 11 is 0. The highest BCUT2D eigenvalue weighted by atomic mass is 31.2. The van der Waals surface area contributed by atoms with E-state index < -0.39 is 57.4 Å². The number of unbranched alkanes of at least 4 members (excludes halogenated alkanes) is 1. The van der Waals surface area contributed by atoms with Crippen molar-refractivity contribution in [2.75, 3.05) is 0 Å². The van der Waals surface area contributed by atoms with E-state index in [-0.39, 0.29) is 12.8 Å². The lowest BCUT2D eigenvalue weighted by molar-refractivity contribution is -0.280. The van der Waals surface area contributed by atoms with Gasteiger partial charge in [0.15, 0.2) is 0 Å². The molecule has 0 rings (SSSR count). The number of hydrogen-bond acceptors (Lipinski definition) is 11. The molecule has 0 saturated carbocycles. The standard InChI is InChI=1S/C6H17NO13P4/c8-6(19-23(14)15,20-24(16)17)4-2-1-3-5(7-9,21(10)11)18-22(12)13/h8,14-15,21-22,24H,1-4H2,(H,10,11)(H,12,13)(H,16,17). The summed E-state index contributed by atoms with van der Waals surface area (Å²) in [5.41, 5.74) is -2.64. The number of rotatable bonds is 13. The molecule has 0 amide bonds. The maximum Gasteiger partial charge on any atom is 0.331 e. The van der Waals surface area contributed by atoms with Gasteiger partial charge in [-0.3, -0.25) is 27.3 Å². The van der Waals surface area contributed by atoms with Crippen molar-refractivity contribution < 1.29 is 56.8 Å². The van der Waals surface area contributed by atoms with Crippen molar-refractivity contribution in [2.24, 2.45) is 5.18 Å². The second-order valence-electron chi connectivity index (χ2n) is 4.18. The Hall–Kier alpha value is 0.360. The zero-order valence-electron chi connectivity index (χ0n) is 11.8. The molecule has 6 N–H and O–H groups in total. The van der Waals surface area contributed by atoms with Crippen LogP contribution in [0, 0.1) is 4.91 Å². The maximum atomic E-state index is 11.2. The van der Waals surface area contributed by atoms with E-state index in [0.29, 0.717) is 0 Å². The highest BCUT2D eigenvalue weighted by Gasteiger charge is 2.41. The van der Waals surface area contributed by atoms with Crippen LogP contribution in [-0.2, 0) is 27.3 Å². The van der Waals surface area contributed by atoms with E-state index >= 15 is 0 Å². The first-order valence-electron chi connectivity index (χ1n) is 5.97. The molecule has 24 heavy (non-hydrogen) atoms. The molecule has 0 bridgehead atoms. The molecule has 0 aliphatic heterocycles. The van der Waals surface area contributed by atoms with Gasteiger partial charge in [0.2, 0.25) is 8.03 Å². The Balaban J connectivity index is 4.79. The second kappa shape index (κ2) is 11.2. The predicted molar refractivity (Wildman–Crippen MR) is 80.2 cm³/mol. The molecule has 0 radical (unpaired) electrons. The van der Waals surface area contributed by atoms with Crippen molar-refractivity contribution in [3.63, 3.8) is 0 Å². The van der Waals surface area contributed by atoms with Crippen LogP contribution in [0.3, 0.4) is 0 Å². The van der Waals surface area contributed by atoms with Crippen LogP contribution in [0.15, 0.2) is 5.18 Å². The number of nitrogens with zero attached hydrogens (tertiary/aromatic N) is 1. The van der Waals surface area contributed by atoms with Crippen molar-refractivity contribution in [1.82, 2.24) is 0 Å². The summed E-state index contributed by atoms with van der Waals surface area (Å²) in [6.07, 6.45) is -1.64. The molecular weight excluding hydrogens is 418 g/mol. The minimum absolute atomic E-state index is 0.211. The molecule has 5 unspecified atom stereocenters. The lowest BCUT2D eigenvalue weighted by atomic mass is 10.1. The molecule has 0 aromatic rings. The third-order valence-corrected chi connectivity index (χ3v) is 5.24. The molecule has 0 spiro atoms. The number of aliphatic hydroxyl groups is 1. The zero-order valence-corrected chi connectivity index (χ0v) is 15.7. The van der Waals surface area contributed by atoms with Crippen LogP contribution in [0.1, 0.15) is 25.7 Å². The zero-order chi connectivity index (χ0) is 19.0. The lowest BCUT2D eigenvalue weighted by Gasteiger charge is -2.27. The van der Waals surface area contributed by atoms with Gasteiger partial charge in [-0.2, -0.15) is 0 Å². The average Bonchev–Trinajstić information content (AvgIpc) is 2.39. The van der Waals surface area contributed by atoms with Crippen LogP contribution >= 0.6 is 33.1 Å². The highest BCUT2D eigenvalue weighted by molar-refractivity contribution is 7.41. The molecule has 0 saturated heterocycles. The van der Waals surface area contributed by atoms with Gasteiger partial charge in [-0.25, -0.2) is 0 Å². The molecule has 0 aromatic heterocycles. The van der Waals surface area contributed by atoms with E-state index in [9.17, 15) is 23.7 Å². The normalized spacial score (nSPS) is 20.8. The largest absolute Gasteiger partial charge is 0.343 e. The van der Waals surface area contributed by atoms with Gasteiger partial charge in [-0.1, -0.05) is 0 Å². The van der Waals surface area contributed by atoms with Gasteiger partial charge in [0.05, 0.1) is 0 Å². The van der Waals surface area contributed by atoms with Crippen molar-refractivity contribution in [3.05, 3.63) is 4.91 Å². The molecule has 14 nitrogen and oxygen atoms in total. The van der Waals surface area contributed by atoms with E-state index in [1.807, 2.05) is 0 Å². The summed E-state index contributed by atoms with van der Waals surface area (Å²) in [6.45, 7) is 0. The van der Waals surface area contributed by atoms with Crippen LogP contribution < -0.4 is 0 Å². The molecule has 0 aromatic carbocycles. The van der Waals surface area contributed by atoms with Gasteiger partial charge < -0.3 is 29.6 Å². The maximum absolute atomic E-state index is 11.2. The van der Waals surface area contributed by atoms with Gasteiger partial charge in [0.1, 0.15) is 0 Å². The Labute approximate surface area is 138 Å². The second-order valence-corrected chi connectivity index (χ2v) is 7.73. The third-order valence-electron chi connectivity index (χ3n) is 2.47. The van der Waals surface area contributed by atoms with Crippen LogP contribution in [0.5, 0.6) is 0 Å². The summed E-state index contributed by atoms with van der Waals surface area (Å²) in [5, 5.41) is 12.0. The Bertz CT molecular complexity index is 489. The minimum atomic E-state index is -3.80. The molecule has 0 heterocycles. The summed E-state index contributed by atoms with van der Waals surface area (Å²) in [5.74, 6) is -2.83. The van der Waals surface area contributed by atoms with Crippen molar-refractivity contribution in [2.45, 2.75) is 37.1 Å². The number of hydrogen-bond donors (Lipinski definition) is 6. The molecule has 5 atom stereocenters. The first-order chi connectivity index (χ1) is 11.0. The molecule has 0 fully saturated rings. The van der Waals surface area contributed by atoms with Crippen molar-refractivity contribution in [3.8, 4) is 0 Å². The molecule has 18 heteroatoms. The van der Waals surface area contributed by atoms with E-state index in [1.54, 1.807) is 0 Å². The van der Waals surface area contributed by atoms with Gasteiger partial charge in [-0.15, -0.1) is 4.91 Å². The highest BCUT2D eigenvalue weighted by Crippen LogP contribution is 2.47. The van der Waals surface area contributed by atoms with Crippen molar-refractivity contribution in [1.29, 1.82) is 0 Å². The SMILES string of the molecule is O=NC(CCCCC(O)(OP(O)O)O[PH](=O)O)(O[PH](=O)O)[PH](=O)O. The first kappa shape index (κ1) is 24.4. The number of nitroso groups, excluding NO2 is 1. The fourth-order valence-electron chi connectivity index (χ4n) is 1.54. The quantitative estimate of drug-likeness (QED) is 0.0977. The van der Waals surface area contributed by atoms with Crippen LogP contribution in [-0.4, -0.2) is 41.0 Å². The summed E-state index contributed by atoms with van der Waals surface area (Å²) in [7, 11) is -14.4. The third kappa shape index (κ3) is 9.17. The lowest BCUT2D eigenvalue weighted by Crippen LogP contribution is -2.32. The van der Waals surface area contributed by atoms with Gasteiger partial charge in [0.25, 0.3) is 11.4 Å². The molecule has 0 aliphatic rings. The van der Waals surface area contributed by atoms with E-state index in [2.05, 4.69) is 18.7 Å². The van der Waals surface area contributed by atoms with Crippen LogP contribution in [0.2, 0.25) is 0 Å². The smallest absolute Gasteiger partial charge is 0.331 e. The Kier molecular flexibility index (Phi) is 11.3. The molecule has 144 valence electrons. The van der Waals surface area contributed by atoms with Crippen molar-refractivity contribution >= 4 is 33.1 Å². The first-order valence-corrected chi connectivity index (χ1v) is 11.0. The Morgan fingerprint density at radius 2 is 1.46 bits per heavy atom. The van der Waals surface area contributed by atoms with E-state index in [1.165, 1.54) is 0 Å². The van der Waals surface area contributed by atoms with Gasteiger partial charge in [-0.05, 0) is 18.0 Å². The monoisotopic (exact) mass is 435 g/mol. The molecular formula is C6H17NO13P4. The van der Waals surface area contributed by atoms with E-state index in [4.69, 9.17) is 24.5 Å². The van der Waals surface area contributed by atoms with Crippen LogP contribution in [0.4, 0.5) is 0 Å². The average molecular weight is 435 g/mol.